The summed E-state index contributed by atoms with van der Waals surface area (Å²) in [4.78, 5) is 12.2. The van der Waals surface area contributed by atoms with E-state index in [1.165, 1.54) is 12.1 Å². The molecule has 3 nitrogen and oxygen atoms in total. The highest BCUT2D eigenvalue weighted by Crippen LogP contribution is 2.25. The molecule has 1 amide bonds. The molecule has 1 heterocycles. The van der Waals surface area contributed by atoms with Crippen molar-refractivity contribution in [1.29, 1.82) is 0 Å². The lowest BCUT2D eigenvalue weighted by atomic mass is 9.82. The lowest BCUT2D eigenvalue weighted by Crippen LogP contribution is -2.48. The summed E-state index contributed by atoms with van der Waals surface area (Å²) in [6.45, 7) is 4.16. The Morgan fingerprint density at radius 1 is 1.33 bits per heavy atom. The Hall–Kier alpha value is -1.49. The number of aryl methyl sites for hydroxylation is 1. The van der Waals surface area contributed by atoms with Gasteiger partial charge in [0.15, 0.2) is 0 Å². The van der Waals surface area contributed by atoms with Crippen LogP contribution in [0.5, 0.6) is 0 Å². The van der Waals surface area contributed by atoms with Crippen LogP contribution in [-0.4, -0.2) is 25.5 Å². The first-order valence-corrected chi connectivity index (χ1v) is 7.44. The lowest BCUT2D eigenvalue weighted by Gasteiger charge is -2.32. The maximum atomic E-state index is 13.0. The van der Waals surface area contributed by atoms with Crippen molar-refractivity contribution in [2.45, 2.75) is 32.6 Å². The minimum Gasteiger partial charge on any atom is -0.356 e. The summed E-state index contributed by atoms with van der Waals surface area (Å²) < 4.78 is 26.1. The van der Waals surface area contributed by atoms with E-state index in [0.717, 1.165) is 25.5 Å². The topological polar surface area (TPSA) is 41.1 Å². The van der Waals surface area contributed by atoms with Crippen LogP contribution in [0.3, 0.4) is 0 Å². The van der Waals surface area contributed by atoms with Crippen LogP contribution in [0, 0.1) is 17.0 Å². The predicted molar refractivity (Wildman–Crippen MR) is 77.9 cm³/mol. The Balaban J connectivity index is 1.75. The maximum absolute atomic E-state index is 13.0. The average Bonchev–Trinajstić information content (AvgIpc) is 2.43. The average molecular weight is 296 g/mol. The van der Waals surface area contributed by atoms with Crippen LogP contribution in [0.2, 0.25) is 0 Å². The zero-order valence-corrected chi connectivity index (χ0v) is 12.3. The first kappa shape index (κ1) is 15.9. The normalized spacial score (nSPS) is 22.0. The number of amides is 1. The van der Waals surface area contributed by atoms with Crippen molar-refractivity contribution in [2.24, 2.45) is 5.41 Å². The van der Waals surface area contributed by atoms with Gasteiger partial charge >= 0.3 is 0 Å². The fraction of sp³-hybridized carbons (Fsp3) is 0.562. The van der Waals surface area contributed by atoms with Crippen LogP contribution in [0.15, 0.2) is 18.2 Å². The van der Waals surface area contributed by atoms with Gasteiger partial charge in [-0.3, -0.25) is 4.79 Å². The van der Waals surface area contributed by atoms with E-state index >= 15 is 0 Å². The fourth-order valence-corrected chi connectivity index (χ4v) is 2.71. The molecule has 0 aliphatic carbocycles. The number of piperidine rings is 1. The van der Waals surface area contributed by atoms with E-state index in [-0.39, 0.29) is 11.3 Å². The summed E-state index contributed by atoms with van der Waals surface area (Å²) in [6.07, 6.45) is 3.11. The molecule has 21 heavy (non-hydrogen) atoms. The van der Waals surface area contributed by atoms with Crippen LogP contribution >= 0.6 is 0 Å². The molecule has 1 saturated heterocycles. The summed E-state index contributed by atoms with van der Waals surface area (Å²) in [5.41, 5.74) is 0.274. The number of rotatable bonds is 5. The van der Waals surface area contributed by atoms with Crippen molar-refractivity contribution in [1.82, 2.24) is 10.6 Å². The van der Waals surface area contributed by atoms with Crippen LogP contribution in [0.1, 0.15) is 31.7 Å². The Morgan fingerprint density at radius 2 is 2.05 bits per heavy atom. The third kappa shape index (κ3) is 4.49. The third-order valence-corrected chi connectivity index (χ3v) is 4.00. The minimum atomic E-state index is -0.560. The zero-order valence-electron chi connectivity index (χ0n) is 12.3. The molecule has 2 N–H and O–H groups in total. The summed E-state index contributed by atoms with van der Waals surface area (Å²) >= 11 is 0. The molecule has 0 saturated carbocycles. The van der Waals surface area contributed by atoms with Gasteiger partial charge < -0.3 is 10.6 Å². The SMILES string of the molecule is CC1(C(=O)NCCCc2cc(F)cc(F)c2)CCCNC1. The molecule has 0 bridgehead atoms. The molecule has 1 fully saturated rings. The van der Waals surface area contributed by atoms with E-state index in [0.29, 0.717) is 31.5 Å². The predicted octanol–water partition coefficient (Wildman–Crippen LogP) is 2.40. The molecule has 1 aliphatic heterocycles. The number of carbonyl (C=O) groups is 1. The van der Waals surface area contributed by atoms with E-state index in [1.807, 2.05) is 6.92 Å². The summed E-state index contributed by atoms with van der Waals surface area (Å²) in [6, 6.07) is 3.52. The first-order chi connectivity index (χ1) is 9.99. The van der Waals surface area contributed by atoms with Gasteiger partial charge in [0.1, 0.15) is 11.6 Å². The molecule has 1 aromatic rings. The Morgan fingerprint density at radius 3 is 2.67 bits per heavy atom. The zero-order chi connectivity index (χ0) is 15.3. The number of halogens is 2. The van der Waals surface area contributed by atoms with Crippen molar-refractivity contribution in [3.05, 3.63) is 35.4 Å². The van der Waals surface area contributed by atoms with E-state index < -0.39 is 11.6 Å². The highest BCUT2D eigenvalue weighted by atomic mass is 19.1. The van der Waals surface area contributed by atoms with Crippen LogP contribution in [0.4, 0.5) is 8.78 Å². The second-order valence-electron chi connectivity index (χ2n) is 5.98. The van der Waals surface area contributed by atoms with E-state index in [4.69, 9.17) is 0 Å². The number of hydrogen-bond acceptors (Lipinski definition) is 2. The number of carbonyl (C=O) groups excluding carboxylic acids is 1. The summed E-state index contributed by atoms with van der Waals surface area (Å²) in [7, 11) is 0. The second-order valence-corrected chi connectivity index (χ2v) is 5.98. The molecule has 1 aromatic carbocycles. The molecule has 116 valence electrons. The van der Waals surface area contributed by atoms with E-state index in [9.17, 15) is 13.6 Å². The van der Waals surface area contributed by atoms with Gasteiger partial charge in [0, 0.05) is 19.2 Å². The van der Waals surface area contributed by atoms with E-state index in [1.54, 1.807) is 0 Å². The van der Waals surface area contributed by atoms with Gasteiger partial charge in [-0.1, -0.05) is 0 Å². The monoisotopic (exact) mass is 296 g/mol. The number of hydrogen-bond donors (Lipinski definition) is 2. The van der Waals surface area contributed by atoms with Crippen molar-refractivity contribution >= 4 is 5.91 Å². The highest BCUT2D eigenvalue weighted by molar-refractivity contribution is 5.82. The first-order valence-electron chi connectivity index (χ1n) is 7.44. The minimum absolute atomic E-state index is 0.0557. The quantitative estimate of drug-likeness (QED) is 0.819. The van der Waals surface area contributed by atoms with Crippen molar-refractivity contribution in [3.63, 3.8) is 0 Å². The smallest absolute Gasteiger partial charge is 0.227 e. The van der Waals surface area contributed by atoms with Gasteiger partial charge in [-0.15, -0.1) is 0 Å². The molecule has 5 heteroatoms. The van der Waals surface area contributed by atoms with Gasteiger partial charge in [-0.05, 0) is 56.8 Å². The van der Waals surface area contributed by atoms with Gasteiger partial charge in [-0.25, -0.2) is 8.78 Å². The van der Waals surface area contributed by atoms with Gasteiger partial charge in [0.05, 0.1) is 5.41 Å². The highest BCUT2D eigenvalue weighted by Gasteiger charge is 2.34. The second kappa shape index (κ2) is 6.98. The molecule has 1 unspecified atom stereocenters. The van der Waals surface area contributed by atoms with Gasteiger partial charge in [-0.2, -0.15) is 0 Å². The molecule has 0 spiro atoms. The fourth-order valence-electron chi connectivity index (χ4n) is 2.71. The van der Waals surface area contributed by atoms with Crippen LogP contribution in [0.25, 0.3) is 0 Å². The van der Waals surface area contributed by atoms with Crippen LogP contribution in [-0.2, 0) is 11.2 Å². The molecule has 1 aliphatic rings. The number of nitrogens with one attached hydrogen (secondary N) is 2. The Bertz CT molecular complexity index is 479. The number of benzene rings is 1. The molecular formula is C16H22F2N2O. The lowest BCUT2D eigenvalue weighted by molar-refractivity contribution is -0.131. The summed E-state index contributed by atoms with van der Waals surface area (Å²) in [5, 5.41) is 6.17. The Labute approximate surface area is 124 Å². The Kier molecular flexibility index (Phi) is 5.28. The standard InChI is InChI=1S/C16H22F2N2O/c1-16(5-3-6-19-11-16)15(21)20-7-2-4-12-8-13(17)10-14(18)9-12/h8-10,19H,2-7,11H2,1H3,(H,20,21). The van der Waals surface area contributed by atoms with Crippen molar-refractivity contribution < 1.29 is 13.6 Å². The van der Waals surface area contributed by atoms with Gasteiger partial charge in [0.25, 0.3) is 0 Å². The summed E-state index contributed by atoms with van der Waals surface area (Å²) in [5.74, 6) is -1.07. The van der Waals surface area contributed by atoms with E-state index in [2.05, 4.69) is 10.6 Å². The molecule has 0 radical (unpaired) electrons. The molecule has 0 aromatic heterocycles. The molecule has 1 atom stereocenters. The largest absolute Gasteiger partial charge is 0.356 e. The van der Waals surface area contributed by atoms with Crippen molar-refractivity contribution in [2.75, 3.05) is 19.6 Å². The van der Waals surface area contributed by atoms with Crippen LogP contribution < -0.4 is 10.6 Å². The van der Waals surface area contributed by atoms with Gasteiger partial charge in [0.2, 0.25) is 5.91 Å². The molecular weight excluding hydrogens is 274 g/mol. The van der Waals surface area contributed by atoms with Crippen molar-refractivity contribution in [3.8, 4) is 0 Å². The maximum Gasteiger partial charge on any atom is 0.227 e. The third-order valence-electron chi connectivity index (χ3n) is 4.00. The molecule has 2 rings (SSSR count).